The molecule has 0 aliphatic heterocycles. The molecule has 0 fully saturated rings. The van der Waals surface area contributed by atoms with Gasteiger partial charge in [-0.05, 0) is 79.8 Å². The van der Waals surface area contributed by atoms with Crippen LogP contribution in [0.1, 0.15) is 92.3 Å². The molecule has 3 aromatic carbocycles. The van der Waals surface area contributed by atoms with E-state index in [-0.39, 0.29) is 11.6 Å². The lowest BCUT2D eigenvalue weighted by molar-refractivity contribution is -0.113. The van der Waals surface area contributed by atoms with E-state index in [9.17, 15) is 9.59 Å². The third kappa shape index (κ3) is 10.7. The second-order valence-corrected chi connectivity index (χ2v) is 10.3. The van der Waals surface area contributed by atoms with Crippen molar-refractivity contribution in [1.29, 1.82) is 0 Å². The average Bonchev–Trinajstić information content (AvgIpc) is 2.97. The van der Waals surface area contributed by atoms with Gasteiger partial charge < -0.3 is 15.4 Å². The molecule has 0 aliphatic carbocycles. The van der Waals surface area contributed by atoms with Crippen molar-refractivity contribution in [3.63, 3.8) is 0 Å². The van der Waals surface area contributed by atoms with Crippen molar-refractivity contribution in [2.75, 3.05) is 11.9 Å². The van der Waals surface area contributed by atoms with Crippen molar-refractivity contribution in [1.82, 2.24) is 5.32 Å². The molecule has 5 heteroatoms. The Bertz CT molecular complexity index is 1210. The number of carbonyl (C=O) groups is 2. The summed E-state index contributed by atoms with van der Waals surface area (Å²) in [6.45, 7) is 7.08. The van der Waals surface area contributed by atoms with Crippen molar-refractivity contribution >= 4 is 23.6 Å². The monoisotopic (exact) mass is 540 g/mol. The Balaban J connectivity index is 1.64. The number of nitrogens with one attached hydrogen (secondary N) is 2. The molecule has 0 saturated carbocycles. The first-order valence-corrected chi connectivity index (χ1v) is 14.7. The maximum absolute atomic E-state index is 13.3. The zero-order valence-corrected chi connectivity index (χ0v) is 24.3. The third-order valence-corrected chi connectivity index (χ3v) is 6.80. The predicted molar refractivity (Wildman–Crippen MR) is 166 cm³/mol. The maximum atomic E-state index is 13.3. The summed E-state index contributed by atoms with van der Waals surface area (Å²) in [5.74, 6) is 0.0564. The van der Waals surface area contributed by atoms with Crippen LogP contribution in [0.3, 0.4) is 0 Å². The average molecular weight is 541 g/mol. The van der Waals surface area contributed by atoms with Crippen LogP contribution in [0.2, 0.25) is 0 Å². The molecule has 0 spiro atoms. The van der Waals surface area contributed by atoms with Gasteiger partial charge in [0.15, 0.2) is 0 Å². The van der Waals surface area contributed by atoms with Gasteiger partial charge in [0.1, 0.15) is 11.4 Å². The lowest BCUT2D eigenvalue weighted by atomic mass is 10.1. The van der Waals surface area contributed by atoms with Gasteiger partial charge in [-0.25, -0.2) is 0 Å². The zero-order chi connectivity index (χ0) is 28.6. The molecule has 0 saturated heterocycles. The van der Waals surface area contributed by atoms with E-state index >= 15 is 0 Å². The standard InChI is InChI=1S/C35H44N2O3/c1-4-6-8-9-10-11-25-40-32-23-21-31(22-24-32)36-35(39)33(26-29-15-13-27(3)14-16-29)37-34(38)30-19-17-28(18-20-30)12-7-5-2/h13-24,26H,4-12,25H2,1-3H3,(H,36,39)(H,37,38). The number of rotatable bonds is 16. The molecule has 0 radical (unpaired) electrons. The molecule has 0 heterocycles. The number of ether oxygens (including phenoxy) is 1. The molecule has 40 heavy (non-hydrogen) atoms. The normalized spacial score (nSPS) is 11.2. The van der Waals surface area contributed by atoms with Crippen LogP contribution in [-0.2, 0) is 11.2 Å². The maximum Gasteiger partial charge on any atom is 0.272 e. The van der Waals surface area contributed by atoms with Crippen LogP contribution in [0.15, 0.2) is 78.5 Å². The van der Waals surface area contributed by atoms with E-state index in [1.807, 2.05) is 79.7 Å². The molecule has 2 N–H and O–H groups in total. The van der Waals surface area contributed by atoms with Crippen LogP contribution in [-0.4, -0.2) is 18.4 Å². The summed E-state index contributed by atoms with van der Waals surface area (Å²) >= 11 is 0. The largest absolute Gasteiger partial charge is 0.494 e. The lowest BCUT2D eigenvalue weighted by Gasteiger charge is -2.12. The highest BCUT2D eigenvalue weighted by molar-refractivity contribution is 6.10. The van der Waals surface area contributed by atoms with Gasteiger partial charge in [0.25, 0.3) is 11.8 Å². The summed E-state index contributed by atoms with van der Waals surface area (Å²) in [5.41, 5.74) is 4.45. The Morgan fingerprint density at radius 2 is 1.40 bits per heavy atom. The molecule has 0 aliphatic rings. The molecule has 0 bridgehead atoms. The summed E-state index contributed by atoms with van der Waals surface area (Å²) < 4.78 is 5.86. The molecule has 0 unspecified atom stereocenters. The molecular weight excluding hydrogens is 496 g/mol. The first-order valence-electron chi connectivity index (χ1n) is 14.7. The molecule has 3 aromatic rings. The van der Waals surface area contributed by atoms with Crippen LogP contribution < -0.4 is 15.4 Å². The SMILES string of the molecule is CCCCCCCCOc1ccc(NC(=O)C(=Cc2ccc(C)cc2)NC(=O)c2ccc(CCCC)cc2)cc1. The highest BCUT2D eigenvalue weighted by Crippen LogP contribution is 2.18. The predicted octanol–water partition coefficient (Wildman–Crippen LogP) is 8.49. The van der Waals surface area contributed by atoms with Gasteiger partial charge in [0, 0.05) is 11.3 Å². The molecular formula is C35H44N2O3. The molecule has 0 atom stereocenters. The van der Waals surface area contributed by atoms with Crippen LogP contribution >= 0.6 is 0 Å². The second-order valence-electron chi connectivity index (χ2n) is 10.3. The smallest absolute Gasteiger partial charge is 0.272 e. The van der Waals surface area contributed by atoms with Gasteiger partial charge in [-0.3, -0.25) is 9.59 Å². The van der Waals surface area contributed by atoms with Crippen LogP contribution in [0.5, 0.6) is 5.75 Å². The zero-order valence-electron chi connectivity index (χ0n) is 24.3. The quantitative estimate of drug-likeness (QED) is 0.141. The number of amides is 2. The first kappa shape index (κ1) is 30.7. The molecule has 2 amide bonds. The summed E-state index contributed by atoms with van der Waals surface area (Å²) in [5, 5.41) is 5.74. The Hall–Kier alpha value is -3.86. The van der Waals surface area contributed by atoms with E-state index in [4.69, 9.17) is 4.74 Å². The fourth-order valence-electron chi connectivity index (χ4n) is 4.29. The minimum absolute atomic E-state index is 0.173. The summed E-state index contributed by atoms with van der Waals surface area (Å²) in [6, 6.07) is 22.7. The molecule has 212 valence electrons. The minimum atomic E-state index is -0.394. The highest BCUT2D eigenvalue weighted by Gasteiger charge is 2.15. The number of hydrogen-bond donors (Lipinski definition) is 2. The van der Waals surface area contributed by atoms with Gasteiger partial charge in [0.05, 0.1) is 6.61 Å². The van der Waals surface area contributed by atoms with Gasteiger partial charge >= 0.3 is 0 Å². The van der Waals surface area contributed by atoms with E-state index in [1.54, 1.807) is 6.08 Å². The number of carbonyl (C=O) groups excluding carboxylic acids is 2. The van der Waals surface area contributed by atoms with E-state index < -0.39 is 5.91 Å². The summed E-state index contributed by atoms with van der Waals surface area (Å²) in [4.78, 5) is 26.4. The molecule has 0 aromatic heterocycles. The van der Waals surface area contributed by atoms with Crippen LogP contribution in [0, 0.1) is 6.92 Å². The van der Waals surface area contributed by atoms with Crippen molar-refractivity contribution in [2.45, 2.75) is 78.6 Å². The Morgan fingerprint density at radius 1 is 0.750 bits per heavy atom. The molecule has 3 rings (SSSR count). The van der Waals surface area contributed by atoms with Crippen molar-refractivity contribution in [2.24, 2.45) is 0 Å². The topological polar surface area (TPSA) is 67.4 Å². The van der Waals surface area contributed by atoms with E-state index in [1.165, 1.54) is 37.7 Å². The lowest BCUT2D eigenvalue weighted by Crippen LogP contribution is -2.30. The Kier molecular flexibility index (Phi) is 13.0. The van der Waals surface area contributed by atoms with Crippen molar-refractivity contribution in [3.05, 3.63) is 101 Å². The van der Waals surface area contributed by atoms with E-state index in [0.29, 0.717) is 17.9 Å². The molecule has 5 nitrogen and oxygen atoms in total. The van der Waals surface area contributed by atoms with E-state index in [0.717, 1.165) is 42.6 Å². The fourth-order valence-corrected chi connectivity index (χ4v) is 4.29. The Morgan fingerprint density at radius 3 is 2.08 bits per heavy atom. The summed E-state index contributed by atoms with van der Waals surface area (Å²) in [7, 11) is 0. The van der Waals surface area contributed by atoms with Gasteiger partial charge in [-0.2, -0.15) is 0 Å². The second kappa shape index (κ2) is 17.0. The number of aryl methyl sites for hydroxylation is 2. The number of hydrogen-bond acceptors (Lipinski definition) is 3. The van der Waals surface area contributed by atoms with Crippen molar-refractivity contribution < 1.29 is 14.3 Å². The number of anilines is 1. The van der Waals surface area contributed by atoms with Crippen LogP contribution in [0.4, 0.5) is 5.69 Å². The van der Waals surface area contributed by atoms with Crippen LogP contribution in [0.25, 0.3) is 6.08 Å². The first-order chi connectivity index (χ1) is 19.5. The van der Waals surface area contributed by atoms with Gasteiger partial charge in [0.2, 0.25) is 0 Å². The minimum Gasteiger partial charge on any atom is -0.494 e. The highest BCUT2D eigenvalue weighted by atomic mass is 16.5. The Labute approximate surface area is 240 Å². The fraction of sp³-hybridized carbons (Fsp3) is 0.371. The van der Waals surface area contributed by atoms with Crippen molar-refractivity contribution in [3.8, 4) is 5.75 Å². The number of benzene rings is 3. The third-order valence-electron chi connectivity index (χ3n) is 6.80. The van der Waals surface area contributed by atoms with Gasteiger partial charge in [-0.15, -0.1) is 0 Å². The van der Waals surface area contributed by atoms with E-state index in [2.05, 4.69) is 24.5 Å². The number of unbranched alkanes of at least 4 members (excludes halogenated alkanes) is 6. The summed E-state index contributed by atoms with van der Waals surface area (Å²) in [6.07, 6.45) is 12.2. The van der Waals surface area contributed by atoms with Gasteiger partial charge in [-0.1, -0.05) is 94.3 Å².